The number of aromatic hydroxyl groups is 1. The van der Waals surface area contributed by atoms with Crippen molar-refractivity contribution in [2.45, 2.75) is 52.4 Å². The van der Waals surface area contributed by atoms with Gasteiger partial charge in [0.2, 0.25) is 0 Å². The maximum absolute atomic E-state index is 11.2. The van der Waals surface area contributed by atoms with Gasteiger partial charge in [0.1, 0.15) is 11.6 Å². The minimum atomic E-state index is -0.209. The average Bonchev–Trinajstić information content (AvgIpc) is 3.24. The van der Waals surface area contributed by atoms with Crippen molar-refractivity contribution < 1.29 is 5.11 Å². The summed E-state index contributed by atoms with van der Waals surface area (Å²) in [6, 6.07) is 23.0. The smallest absolute Gasteiger partial charge is 0.138 e. The molecule has 0 fully saturated rings. The second-order valence-electron chi connectivity index (χ2n) is 11.5. The van der Waals surface area contributed by atoms with Gasteiger partial charge in [0.25, 0.3) is 0 Å². The zero-order valence-electron chi connectivity index (χ0n) is 22.2. The fourth-order valence-electron chi connectivity index (χ4n) is 4.36. The van der Waals surface area contributed by atoms with Crippen LogP contribution in [0.1, 0.15) is 52.7 Å². The maximum atomic E-state index is 11.2. The minimum Gasteiger partial charge on any atom is -0.507 e. The second-order valence-corrected chi connectivity index (χ2v) is 11.5. The molecule has 0 amide bonds. The quantitative estimate of drug-likeness (QED) is 0.322. The van der Waals surface area contributed by atoms with Crippen LogP contribution in [-0.4, -0.2) is 29.2 Å². The van der Waals surface area contributed by atoms with Gasteiger partial charge in [-0.15, -0.1) is 0 Å². The molecule has 3 aromatic carbocycles. The van der Waals surface area contributed by atoms with E-state index in [1.165, 1.54) is 0 Å². The van der Waals surface area contributed by atoms with Crippen LogP contribution in [0.2, 0.25) is 0 Å². The summed E-state index contributed by atoms with van der Waals surface area (Å²) in [5.74, 6) is 1.18. The Balaban J connectivity index is 1.95. The Kier molecular flexibility index (Phi) is 6.27. The molecular weight excluding hydrogens is 430 g/mol. The molecule has 0 unspecified atom stereocenters. The van der Waals surface area contributed by atoms with Gasteiger partial charge in [-0.2, -0.15) is 0 Å². The van der Waals surface area contributed by atoms with Crippen molar-refractivity contribution in [3.8, 4) is 39.7 Å². The molecule has 4 rings (SSSR count). The van der Waals surface area contributed by atoms with Gasteiger partial charge < -0.3 is 15.0 Å². The molecule has 0 saturated carbocycles. The maximum Gasteiger partial charge on any atom is 0.138 e. The van der Waals surface area contributed by atoms with Gasteiger partial charge in [-0.25, -0.2) is 4.98 Å². The van der Waals surface area contributed by atoms with E-state index in [1.807, 2.05) is 32.3 Å². The third-order valence-electron chi connectivity index (χ3n) is 6.42. The van der Waals surface area contributed by atoms with Crippen LogP contribution >= 0.6 is 0 Å². The molecule has 4 aromatic rings. The van der Waals surface area contributed by atoms with Crippen LogP contribution in [0.4, 0.5) is 5.69 Å². The highest BCUT2D eigenvalue weighted by Gasteiger charge is 2.28. The lowest BCUT2D eigenvalue weighted by Gasteiger charge is -2.28. The number of anilines is 1. The van der Waals surface area contributed by atoms with E-state index in [-0.39, 0.29) is 10.8 Å². The van der Waals surface area contributed by atoms with Crippen molar-refractivity contribution >= 4 is 5.69 Å². The molecule has 2 N–H and O–H groups in total. The SMILES string of the molecule is CN(C)c1ccc(-c2nc(-c3cc(C(C)(C)C)c(O)c(C(C)(C)C)c3)[nH]c2-c2ccccc2)cc1. The number of aromatic amines is 1. The summed E-state index contributed by atoms with van der Waals surface area (Å²) in [5, 5.41) is 11.2. The van der Waals surface area contributed by atoms with Crippen LogP contribution in [0.15, 0.2) is 66.7 Å². The Morgan fingerprint density at radius 1 is 0.714 bits per heavy atom. The number of hydrogen-bond donors (Lipinski definition) is 2. The Morgan fingerprint density at radius 3 is 1.74 bits per heavy atom. The van der Waals surface area contributed by atoms with E-state index in [9.17, 15) is 5.11 Å². The summed E-state index contributed by atoms with van der Waals surface area (Å²) in [5.41, 5.74) is 7.61. The zero-order valence-corrected chi connectivity index (χ0v) is 22.2. The zero-order chi connectivity index (χ0) is 25.5. The van der Waals surface area contributed by atoms with Crippen molar-refractivity contribution in [3.05, 3.63) is 77.9 Å². The first-order chi connectivity index (χ1) is 16.4. The molecule has 0 spiro atoms. The van der Waals surface area contributed by atoms with Gasteiger partial charge in [-0.1, -0.05) is 84.0 Å². The lowest BCUT2D eigenvalue weighted by molar-refractivity contribution is 0.423. The fourth-order valence-corrected chi connectivity index (χ4v) is 4.36. The van der Waals surface area contributed by atoms with Crippen LogP contribution in [0.3, 0.4) is 0 Å². The topological polar surface area (TPSA) is 52.1 Å². The lowest BCUT2D eigenvalue weighted by Crippen LogP contribution is -2.17. The number of phenolic OH excluding ortho intramolecular Hbond substituents is 1. The molecule has 0 aliphatic rings. The molecule has 182 valence electrons. The van der Waals surface area contributed by atoms with Crippen molar-refractivity contribution in [3.63, 3.8) is 0 Å². The third-order valence-corrected chi connectivity index (χ3v) is 6.42. The van der Waals surface area contributed by atoms with Crippen LogP contribution < -0.4 is 4.90 Å². The monoisotopic (exact) mass is 467 g/mol. The van der Waals surface area contributed by atoms with Gasteiger partial charge in [0, 0.05) is 47.6 Å². The number of hydrogen-bond acceptors (Lipinski definition) is 3. The van der Waals surface area contributed by atoms with Crippen LogP contribution in [-0.2, 0) is 10.8 Å². The highest BCUT2D eigenvalue weighted by molar-refractivity contribution is 5.82. The standard InChI is InChI=1S/C31H37N3O/c1-30(2,3)24-18-22(19-25(28(24)35)31(4,5)6)29-32-26(20-12-10-9-11-13-20)27(33-29)21-14-16-23(17-15-21)34(7)8/h9-19,35H,1-8H3,(H,32,33). The first-order valence-corrected chi connectivity index (χ1v) is 12.2. The summed E-state index contributed by atoms with van der Waals surface area (Å²) in [6.07, 6.45) is 0. The molecule has 1 heterocycles. The summed E-state index contributed by atoms with van der Waals surface area (Å²) >= 11 is 0. The molecule has 0 aliphatic carbocycles. The van der Waals surface area contributed by atoms with E-state index in [0.29, 0.717) is 5.75 Å². The summed E-state index contributed by atoms with van der Waals surface area (Å²) < 4.78 is 0. The highest BCUT2D eigenvalue weighted by atomic mass is 16.3. The Labute approximate surface area is 209 Å². The van der Waals surface area contributed by atoms with Gasteiger partial charge in [0.05, 0.1) is 11.4 Å². The molecule has 35 heavy (non-hydrogen) atoms. The first kappa shape index (κ1) is 24.6. The van der Waals surface area contributed by atoms with E-state index < -0.39 is 0 Å². The van der Waals surface area contributed by atoms with Crippen LogP contribution in [0.5, 0.6) is 5.75 Å². The fraction of sp³-hybridized carbons (Fsp3) is 0.323. The Morgan fingerprint density at radius 2 is 1.26 bits per heavy atom. The first-order valence-electron chi connectivity index (χ1n) is 12.2. The summed E-state index contributed by atoms with van der Waals surface area (Å²) in [4.78, 5) is 10.8. The third kappa shape index (κ3) is 4.97. The Bertz CT molecular complexity index is 1280. The molecule has 0 radical (unpaired) electrons. The van der Waals surface area contributed by atoms with Crippen LogP contribution in [0.25, 0.3) is 33.9 Å². The van der Waals surface area contributed by atoms with Crippen molar-refractivity contribution in [2.24, 2.45) is 0 Å². The molecule has 4 nitrogen and oxygen atoms in total. The van der Waals surface area contributed by atoms with Crippen molar-refractivity contribution in [1.29, 1.82) is 0 Å². The number of nitrogens with one attached hydrogen (secondary N) is 1. The van der Waals surface area contributed by atoms with E-state index in [1.54, 1.807) is 0 Å². The van der Waals surface area contributed by atoms with Gasteiger partial charge in [0.15, 0.2) is 0 Å². The normalized spacial score (nSPS) is 12.1. The predicted octanol–water partition coefficient (Wildman–Crippen LogP) is 7.78. The number of aromatic nitrogens is 2. The van der Waals surface area contributed by atoms with E-state index in [0.717, 1.165) is 50.7 Å². The number of H-pyrrole nitrogens is 1. The largest absolute Gasteiger partial charge is 0.507 e. The highest BCUT2D eigenvalue weighted by Crippen LogP contribution is 2.42. The van der Waals surface area contributed by atoms with Crippen LogP contribution in [0, 0.1) is 0 Å². The van der Waals surface area contributed by atoms with E-state index in [4.69, 9.17) is 4.98 Å². The molecule has 0 saturated heterocycles. The second kappa shape index (κ2) is 8.92. The van der Waals surface area contributed by atoms with Gasteiger partial charge in [-0.05, 0) is 35.1 Å². The Hall–Kier alpha value is -3.53. The predicted molar refractivity (Wildman–Crippen MR) is 148 cm³/mol. The molecule has 0 atom stereocenters. The van der Waals surface area contributed by atoms with Gasteiger partial charge >= 0.3 is 0 Å². The molecule has 1 aromatic heterocycles. The molecular formula is C31H37N3O. The number of nitrogens with zero attached hydrogens (tertiary/aromatic N) is 2. The molecule has 4 heteroatoms. The number of benzene rings is 3. The molecule has 0 bridgehead atoms. The average molecular weight is 468 g/mol. The van der Waals surface area contributed by atoms with Gasteiger partial charge in [-0.3, -0.25) is 0 Å². The lowest BCUT2D eigenvalue weighted by atomic mass is 9.78. The summed E-state index contributed by atoms with van der Waals surface area (Å²) in [7, 11) is 4.09. The molecule has 0 aliphatic heterocycles. The number of rotatable bonds is 4. The van der Waals surface area contributed by atoms with E-state index >= 15 is 0 Å². The van der Waals surface area contributed by atoms with Crippen molar-refractivity contribution in [1.82, 2.24) is 9.97 Å². The number of phenols is 1. The van der Waals surface area contributed by atoms with Crippen molar-refractivity contribution in [2.75, 3.05) is 19.0 Å². The van der Waals surface area contributed by atoms with E-state index in [2.05, 4.69) is 100.0 Å². The summed E-state index contributed by atoms with van der Waals surface area (Å²) in [6.45, 7) is 12.8. The number of imidazole rings is 1. The minimum absolute atomic E-state index is 0.209.